The molecule has 4 heterocycles. The van der Waals surface area contributed by atoms with Gasteiger partial charge in [0.1, 0.15) is 0 Å². The molecule has 1 aliphatic carbocycles. The molecule has 2 aromatic heterocycles. The van der Waals surface area contributed by atoms with E-state index < -0.39 is 5.41 Å². The number of nitrogens with one attached hydrogen (secondary N) is 1. The zero-order valence-corrected chi connectivity index (χ0v) is 26.5. The Hall–Kier alpha value is -4.01. The lowest BCUT2D eigenvalue weighted by atomic mass is 9.66. The molecule has 0 radical (unpaired) electrons. The van der Waals surface area contributed by atoms with Crippen molar-refractivity contribution in [3.63, 3.8) is 0 Å². The van der Waals surface area contributed by atoms with Crippen molar-refractivity contribution < 1.29 is 4.79 Å². The first-order valence-electron chi connectivity index (χ1n) is 17.2. The third kappa shape index (κ3) is 5.44. The van der Waals surface area contributed by atoms with Crippen molar-refractivity contribution in [1.29, 1.82) is 0 Å². The van der Waals surface area contributed by atoms with Crippen molar-refractivity contribution >= 4 is 5.91 Å². The molecule has 2 fully saturated rings. The van der Waals surface area contributed by atoms with Crippen LogP contribution in [0.15, 0.2) is 53.3 Å². The van der Waals surface area contributed by atoms with E-state index in [0.717, 1.165) is 117 Å². The number of benzene rings is 2. The summed E-state index contributed by atoms with van der Waals surface area (Å²) >= 11 is 0. The van der Waals surface area contributed by atoms with Gasteiger partial charge in [-0.2, -0.15) is 0 Å². The smallest absolute Gasteiger partial charge is 0.270 e. The Balaban J connectivity index is 1.24. The molecule has 1 saturated carbocycles. The number of piperidine rings is 1. The van der Waals surface area contributed by atoms with Crippen LogP contribution in [-0.2, 0) is 24.2 Å². The summed E-state index contributed by atoms with van der Waals surface area (Å²) in [5.74, 6) is 0.998. The molecular weight excluding hydrogens is 562 g/mol. The Kier molecular flexibility index (Phi) is 8.43. The van der Waals surface area contributed by atoms with Crippen molar-refractivity contribution in [3.05, 3.63) is 75.7 Å². The van der Waals surface area contributed by atoms with Crippen LogP contribution >= 0.6 is 0 Å². The van der Waals surface area contributed by atoms with Crippen LogP contribution in [0.2, 0.25) is 0 Å². The molecule has 3 aliphatic rings. The number of hydrogen-bond donors (Lipinski definition) is 1. The predicted octanol–water partition coefficient (Wildman–Crippen LogP) is 6.34. The van der Waals surface area contributed by atoms with Gasteiger partial charge in [0.25, 0.3) is 5.56 Å². The summed E-state index contributed by atoms with van der Waals surface area (Å²) in [6, 6.07) is 16.7. The lowest BCUT2D eigenvalue weighted by molar-refractivity contribution is -0.150. The number of carbonyl (C=O) groups is 1. The predicted molar refractivity (Wildman–Crippen MR) is 175 cm³/mol. The summed E-state index contributed by atoms with van der Waals surface area (Å²) in [4.78, 5) is 30.9. The lowest BCUT2D eigenvalue weighted by Gasteiger charge is -2.48. The highest BCUT2D eigenvalue weighted by Gasteiger charge is 2.51. The number of carbonyl (C=O) groups excluding carboxylic acids is 1. The third-order valence-corrected chi connectivity index (χ3v) is 10.6. The van der Waals surface area contributed by atoms with Crippen LogP contribution in [0.1, 0.15) is 100 Å². The molecule has 4 aromatic rings. The number of rotatable bonds is 8. The van der Waals surface area contributed by atoms with Gasteiger partial charge in [-0.25, -0.2) is 9.78 Å². The fourth-order valence-corrected chi connectivity index (χ4v) is 8.48. The van der Waals surface area contributed by atoms with Gasteiger partial charge in [-0.1, -0.05) is 81.1 Å². The molecule has 1 saturated heterocycles. The van der Waals surface area contributed by atoms with E-state index in [-0.39, 0.29) is 11.6 Å². The Bertz CT molecular complexity index is 1670. The minimum absolute atomic E-state index is 0.0495. The molecule has 236 valence electrons. The molecule has 9 heteroatoms. The van der Waals surface area contributed by atoms with Crippen LogP contribution in [0.4, 0.5) is 0 Å². The molecule has 7 rings (SSSR count). The van der Waals surface area contributed by atoms with Crippen LogP contribution < -0.4 is 5.56 Å². The van der Waals surface area contributed by atoms with Gasteiger partial charge in [-0.05, 0) is 78.5 Å². The van der Waals surface area contributed by atoms with Crippen LogP contribution in [0.25, 0.3) is 22.5 Å². The number of H-pyrrole nitrogens is 1. The molecular formula is C36H45N7O2. The number of amides is 1. The van der Waals surface area contributed by atoms with E-state index >= 15 is 0 Å². The first-order valence-corrected chi connectivity index (χ1v) is 17.2. The highest BCUT2D eigenvalue weighted by atomic mass is 16.2. The molecule has 0 bridgehead atoms. The SMILES string of the molecule is CCCc1c(Cc2ccc(-c3ccccc3-c3nnn[nH]3)cc2)c(=O)n2n1C(C1(C(=O)N3CCCCC3)CCCCC1)CCC2. The number of hydrogen-bond acceptors (Lipinski definition) is 5. The van der Waals surface area contributed by atoms with Crippen LogP contribution in [0.3, 0.4) is 0 Å². The van der Waals surface area contributed by atoms with Gasteiger partial charge >= 0.3 is 0 Å². The summed E-state index contributed by atoms with van der Waals surface area (Å²) < 4.78 is 4.37. The monoisotopic (exact) mass is 607 g/mol. The largest absolute Gasteiger partial charge is 0.342 e. The summed E-state index contributed by atoms with van der Waals surface area (Å²) in [7, 11) is 0. The maximum Gasteiger partial charge on any atom is 0.270 e. The van der Waals surface area contributed by atoms with Crippen LogP contribution in [0, 0.1) is 5.41 Å². The van der Waals surface area contributed by atoms with Gasteiger partial charge in [0, 0.05) is 42.9 Å². The number of tetrazole rings is 1. The minimum Gasteiger partial charge on any atom is -0.342 e. The molecule has 1 atom stereocenters. The normalized spacial score (nSPS) is 19.8. The lowest BCUT2D eigenvalue weighted by Crippen LogP contribution is -2.53. The number of nitrogens with zero attached hydrogens (tertiary/aromatic N) is 6. The molecule has 2 aromatic carbocycles. The Labute approximate surface area is 265 Å². The van der Waals surface area contributed by atoms with Gasteiger partial charge in [-0.3, -0.25) is 14.3 Å². The van der Waals surface area contributed by atoms with Gasteiger partial charge < -0.3 is 4.90 Å². The Morgan fingerprint density at radius 1 is 0.911 bits per heavy atom. The van der Waals surface area contributed by atoms with Crippen molar-refractivity contribution in [2.24, 2.45) is 5.41 Å². The maximum atomic E-state index is 14.5. The van der Waals surface area contributed by atoms with E-state index in [2.05, 4.69) is 67.5 Å². The van der Waals surface area contributed by atoms with Crippen molar-refractivity contribution in [2.75, 3.05) is 13.1 Å². The Morgan fingerprint density at radius 2 is 1.64 bits per heavy atom. The van der Waals surface area contributed by atoms with E-state index in [0.29, 0.717) is 18.2 Å². The standard InChI is InChI=1S/C36H45N7O2/c1-2-12-31-30(25-26-16-18-27(19-17-26)28-13-5-6-14-29(28)33-37-39-40-38-33)34(44)42-24-11-15-32(43(31)42)36(20-7-3-8-21-36)35(45)41-22-9-4-10-23-41/h5-6,13-14,16-19,32H,2-4,7-12,15,20-25H2,1H3,(H,37,38,39,40). The molecule has 1 unspecified atom stereocenters. The fraction of sp³-hybridized carbons (Fsp3) is 0.528. The average Bonchev–Trinajstić information content (AvgIpc) is 3.73. The van der Waals surface area contributed by atoms with Gasteiger partial charge in [0.15, 0.2) is 5.82 Å². The number of aromatic nitrogens is 6. The second kappa shape index (κ2) is 12.8. The van der Waals surface area contributed by atoms with Gasteiger partial charge in [-0.15, -0.1) is 5.10 Å². The summed E-state index contributed by atoms with van der Waals surface area (Å²) in [5.41, 5.74) is 5.96. The zero-order chi connectivity index (χ0) is 30.8. The van der Waals surface area contributed by atoms with Gasteiger partial charge in [0.2, 0.25) is 5.91 Å². The van der Waals surface area contributed by atoms with E-state index in [4.69, 9.17) is 0 Å². The van der Waals surface area contributed by atoms with E-state index in [1.807, 2.05) is 22.9 Å². The number of aromatic amines is 1. The second-order valence-corrected chi connectivity index (χ2v) is 13.3. The van der Waals surface area contributed by atoms with E-state index in [9.17, 15) is 9.59 Å². The molecule has 0 spiro atoms. The molecule has 1 N–H and O–H groups in total. The molecule has 9 nitrogen and oxygen atoms in total. The van der Waals surface area contributed by atoms with Crippen LogP contribution in [0.5, 0.6) is 0 Å². The summed E-state index contributed by atoms with van der Waals surface area (Å²) in [6.07, 6.45) is 13.0. The highest BCUT2D eigenvalue weighted by molar-refractivity contribution is 5.84. The maximum absolute atomic E-state index is 14.5. The fourth-order valence-electron chi connectivity index (χ4n) is 8.48. The highest BCUT2D eigenvalue weighted by Crippen LogP contribution is 2.50. The number of likely N-dealkylation sites (tertiary alicyclic amines) is 1. The van der Waals surface area contributed by atoms with Crippen LogP contribution in [-0.4, -0.2) is 53.9 Å². The molecule has 1 amide bonds. The first kappa shape index (κ1) is 29.7. The Morgan fingerprint density at radius 3 is 2.36 bits per heavy atom. The first-order chi connectivity index (χ1) is 22.1. The minimum atomic E-state index is -0.406. The second-order valence-electron chi connectivity index (χ2n) is 13.3. The van der Waals surface area contributed by atoms with E-state index in [1.54, 1.807) is 0 Å². The quantitative estimate of drug-likeness (QED) is 0.252. The number of fused-ring (bicyclic) bond motifs is 1. The topological polar surface area (TPSA) is 102 Å². The van der Waals surface area contributed by atoms with Gasteiger partial charge in [0.05, 0.1) is 11.5 Å². The third-order valence-electron chi connectivity index (χ3n) is 10.6. The molecule has 45 heavy (non-hydrogen) atoms. The zero-order valence-electron chi connectivity index (χ0n) is 26.5. The van der Waals surface area contributed by atoms with E-state index in [1.165, 1.54) is 12.8 Å². The summed E-state index contributed by atoms with van der Waals surface area (Å²) in [5, 5.41) is 14.5. The van der Waals surface area contributed by atoms with Crippen molar-refractivity contribution in [3.8, 4) is 22.5 Å². The van der Waals surface area contributed by atoms with Crippen molar-refractivity contribution in [2.45, 2.75) is 103 Å². The average molecular weight is 608 g/mol. The molecule has 2 aliphatic heterocycles. The van der Waals surface area contributed by atoms with Crippen molar-refractivity contribution in [1.82, 2.24) is 34.9 Å². The summed E-state index contributed by atoms with van der Waals surface area (Å²) in [6.45, 7) is 4.69.